The van der Waals surface area contributed by atoms with Crippen LogP contribution in [0.5, 0.6) is 0 Å². The third-order valence-electron chi connectivity index (χ3n) is 0. The number of hydrogen-bond donors (Lipinski definition) is 2. The zero-order chi connectivity index (χ0) is 4.00. The minimum atomic E-state index is 0. The topological polar surface area (TPSA) is 51.2 Å². The average Bonchev–Trinajstić information content (AvgIpc) is 1.50. The summed E-state index contributed by atoms with van der Waals surface area (Å²) < 4.78 is 0. The first-order valence-corrected chi connectivity index (χ1v) is 0.816. The molecule has 0 aliphatic carbocycles. The molecule has 40 valence electrons. The molecule has 0 saturated carbocycles. The Hall–Kier alpha value is -0.0800. The smallest absolute Gasteiger partial charge is 0.123 e. The fourth-order valence-corrected chi connectivity index (χ4v) is 0. The zero-order valence-electron chi connectivity index (χ0n) is 3.32. The van der Waals surface area contributed by atoms with Crippen molar-refractivity contribution in [2.24, 2.45) is 0 Å². The summed E-state index contributed by atoms with van der Waals surface area (Å²) >= 11 is 0. The molecule has 2 nitrogen and oxygen atoms in total. The van der Waals surface area contributed by atoms with E-state index >= 15 is 0 Å². The van der Waals surface area contributed by atoms with Crippen molar-refractivity contribution in [2.45, 2.75) is 0 Å². The fraction of sp³-hybridized carbons (Fsp3) is 0. The SMILES string of the molecule is C=[NH2+].C=[NH2+].[Cl-].[Cl-]. The van der Waals surface area contributed by atoms with Gasteiger partial charge >= 0.3 is 0 Å². The van der Waals surface area contributed by atoms with Gasteiger partial charge in [0.15, 0.2) is 0 Å². The van der Waals surface area contributed by atoms with Crippen LogP contribution in [0.2, 0.25) is 0 Å². The van der Waals surface area contributed by atoms with Crippen LogP contribution in [-0.4, -0.2) is 13.4 Å². The molecule has 6 heavy (non-hydrogen) atoms. The van der Waals surface area contributed by atoms with E-state index in [1.165, 1.54) is 0 Å². The number of halogens is 2. The van der Waals surface area contributed by atoms with E-state index < -0.39 is 0 Å². The van der Waals surface area contributed by atoms with Crippen molar-refractivity contribution in [3.8, 4) is 0 Å². The van der Waals surface area contributed by atoms with E-state index in [1.54, 1.807) is 0 Å². The molecule has 0 aromatic rings. The highest BCUT2D eigenvalue weighted by Gasteiger charge is 0.664. The lowest BCUT2D eigenvalue weighted by Crippen LogP contribution is -3.00. The van der Waals surface area contributed by atoms with E-state index in [4.69, 9.17) is 0 Å². The van der Waals surface area contributed by atoms with E-state index in [2.05, 4.69) is 24.3 Å². The maximum atomic E-state index is 4.25. The normalized spacial score (nSPS) is 1.33. The highest BCUT2D eigenvalue weighted by molar-refractivity contribution is 5.11. The molecule has 0 aliphatic heterocycles. The first-order chi connectivity index (χ1) is 2.00. The summed E-state index contributed by atoms with van der Waals surface area (Å²) in [7, 11) is 0. The Balaban J connectivity index is -0.00000000500. The molecular weight excluding hydrogens is 123 g/mol. The third kappa shape index (κ3) is 5220. The van der Waals surface area contributed by atoms with Gasteiger partial charge in [0.25, 0.3) is 0 Å². The molecule has 0 unspecified atom stereocenters. The quantitative estimate of drug-likeness (QED) is 0.307. The van der Waals surface area contributed by atoms with Crippen LogP contribution in [0, 0.1) is 0 Å². The Labute approximate surface area is 49.8 Å². The zero-order valence-corrected chi connectivity index (χ0v) is 4.84. The van der Waals surface area contributed by atoms with Crippen LogP contribution in [0.1, 0.15) is 0 Å². The van der Waals surface area contributed by atoms with Gasteiger partial charge in [-0.15, -0.1) is 0 Å². The molecule has 0 heterocycles. The summed E-state index contributed by atoms with van der Waals surface area (Å²) in [4.78, 5) is 0. The van der Waals surface area contributed by atoms with Crippen LogP contribution < -0.4 is 35.6 Å². The van der Waals surface area contributed by atoms with E-state index in [0.717, 1.165) is 0 Å². The predicted octanol–water partition coefficient (Wildman–Crippen LogP) is -9.10. The molecule has 0 saturated heterocycles. The molecule has 0 rings (SSSR count). The van der Waals surface area contributed by atoms with Crippen molar-refractivity contribution in [3.05, 3.63) is 0 Å². The minimum absolute atomic E-state index is 0. The Morgan fingerprint density at radius 2 is 0.667 bits per heavy atom. The second-order valence-electron chi connectivity index (χ2n) is 0. The van der Waals surface area contributed by atoms with Gasteiger partial charge in [0, 0.05) is 0 Å². The van der Waals surface area contributed by atoms with Crippen LogP contribution in [-0.2, 0) is 0 Å². The Morgan fingerprint density at radius 3 is 0.667 bits per heavy atom. The van der Waals surface area contributed by atoms with Crippen LogP contribution in [0.25, 0.3) is 0 Å². The van der Waals surface area contributed by atoms with Crippen molar-refractivity contribution in [2.75, 3.05) is 0 Å². The molecule has 0 atom stereocenters. The lowest BCUT2D eigenvalue weighted by atomic mass is 11.8. The molecule has 0 spiro atoms. The van der Waals surface area contributed by atoms with Crippen LogP contribution >= 0.6 is 0 Å². The lowest BCUT2D eigenvalue weighted by Gasteiger charge is -1.00. The summed E-state index contributed by atoms with van der Waals surface area (Å²) in [6, 6.07) is 0. The van der Waals surface area contributed by atoms with Crippen molar-refractivity contribution in [3.63, 3.8) is 0 Å². The van der Waals surface area contributed by atoms with E-state index in [0.29, 0.717) is 0 Å². The Morgan fingerprint density at radius 1 is 0.667 bits per heavy atom. The van der Waals surface area contributed by atoms with E-state index in [-0.39, 0.29) is 24.8 Å². The average molecular weight is 131 g/mol. The van der Waals surface area contributed by atoms with Crippen LogP contribution in [0.15, 0.2) is 0 Å². The second-order valence-corrected chi connectivity index (χ2v) is 0. The largest absolute Gasteiger partial charge is 1.00 e. The van der Waals surface area contributed by atoms with Gasteiger partial charge in [0.1, 0.15) is 13.4 Å². The Bertz CT molecular complexity index is 11.5. The highest BCUT2D eigenvalue weighted by atomic mass is 35.5. The molecule has 4 N–H and O–H groups in total. The van der Waals surface area contributed by atoms with Gasteiger partial charge in [-0.3, -0.25) is 10.8 Å². The van der Waals surface area contributed by atoms with Gasteiger partial charge in [-0.1, -0.05) is 0 Å². The second kappa shape index (κ2) is 11800. The highest BCUT2D eigenvalue weighted by Crippen LogP contribution is -0.0177. The maximum Gasteiger partial charge on any atom is 0.123 e. The van der Waals surface area contributed by atoms with Gasteiger partial charge in [0.2, 0.25) is 0 Å². The van der Waals surface area contributed by atoms with E-state index in [9.17, 15) is 0 Å². The molecular formula is C2H8Cl2N2. The first-order valence-electron chi connectivity index (χ1n) is 0.816. The number of hydrogen-bond acceptors (Lipinski definition) is 0. The number of rotatable bonds is 0. The summed E-state index contributed by atoms with van der Waals surface area (Å²) in [6.07, 6.45) is 0. The van der Waals surface area contributed by atoms with Gasteiger partial charge in [-0.25, -0.2) is 0 Å². The Kier molecular flexibility index (Phi) is 76500. The molecule has 0 aromatic heterocycles. The molecule has 0 fully saturated rings. The standard InChI is InChI=1S/2CH3N.2ClH/c2*1-2;;/h2*2H,1H2;2*1H. The molecule has 0 aromatic carbocycles. The van der Waals surface area contributed by atoms with Gasteiger partial charge in [0.05, 0.1) is 0 Å². The molecule has 0 radical (unpaired) electrons. The maximum absolute atomic E-state index is 4.25. The van der Waals surface area contributed by atoms with Gasteiger partial charge in [-0.2, -0.15) is 0 Å². The van der Waals surface area contributed by atoms with Crippen molar-refractivity contribution in [1.82, 2.24) is 0 Å². The minimum Gasteiger partial charge on any atom is -1.00 e. The first kappa shape index (κ1) is 38.9. The summed E-state index contributed by atoms with van der Waals surface area (Å²) in [5, 5.41) is 8.50. The van der Waals surface area contributed by atoms with E-state index in [1.807, 2.05) is 0 Å². The van der Waals surface area contributed by atoms with Crippen molar-refractivity contribution >= 4 is 13.4 Å². The van der Waals surface area contributed by atoms with Crippen LogP contribution in [0.3, 0.4) is 0 Å². The lowest BCUT2D eigenvalue weighted by molar-refractivity contribution is -0.0987. The molecule has 4 heteroatoms. The van der Waals surface area contributed by atoms with Gasteiger partial charge in [-0.05, 0) is 0 Å². The van der Waals surface area contributed by atoms with Gasteiger partial charge < -0.3 is 24.8 Å². The third-order valence-corrected chi connectivity index (χ3v) is 0. The number of nitrogens with two attached hydrogens (primary N) is 2. The molecule has 0 aliphatic rings. The summed E-state index contributed by atoms with van der Waals surface area (Å²) in [5.41, 5.74) is 0. The molecule has 0 amide bonds. The summed E-state index contributed by atoms with van der Waals surface area (Å²) in [5.74, 6) is 0. The predicted molar refractivity (Wildman–Crippen MR) is 18.1 cm³/mol. The summed E-state index contributed by atoms with van der Waals surface area (Å²) in [6.45, 7) is 5.50. The van der Waals surface area contributed by atoms with Crippen molar-refractivity contribution in [1.29, 1.82) is 0 Å². The fourth-order valence-electron chi connectivity index (χ4n) is 0. The molecule has 0 bridgehead atoms. The van der Waals surface area contributed by atoms with Crippen molar-refractivity contribution < 1.29 is 35.6 Å². The monoisotopic (exact) mass is 130 g/mol. The van der Waals surface area contributed by atoms with Crippen LogP contribution in [0.4, 0.5) is 0 Å².